The summed E-state index contributed by atoms with van der Waals surface area (Å²) >= 11 is 1.29. The maximum atomic E-state index is 12.5. The van der Waals surface area contributed by atoms with Gasteiger partial charge < -0.3 is 14.0 Å². The number of nitrogens with one attached hydrogen (secondary N) is 1. The van der Waals surface area contributed by atoms with Gasteiger partial charge in [0.15, 0.2) is 22.5 Å². The van der Waals surface area contributed by atoms with E-state index >= 15 is 0 Å². The van der Waals surface area contributed by atoms with Crippen LogP contribution in [0.3, 0.4) is 0 Å². The summed E-state index contributed by atoms with van der Waals surface area (Å²) in [6, 6.07) is 9.36. The molecule has 4 rings (SSSR count). The first-order valence-corrected chi connectivity index (χ1v) is 12.3. The molecule has 1 aromatic carbocycles. The van der Waals surface area contributed by atoms with Crippen molar-refractivity contribution in [2.75, 3.05) is 20.0 Å². The van der Waals surface area contributed by atoms with E-state index in [2.05, 4.69) is 20.1 Å². The standard InChI is InChI=1S/C24H29N5O4S/c1-28-13-7-10-18(28)23(31)25-21(30)15-34-24-27-26-22(29(24)17-8-5-4-6-9-17)16-11-12-19(32-2)20(14-16)33-3/h7,10-14,17H,4-6,8-9,15H2,1-3H3,(H,25,30,31). The van der Waals surface area contributed by atoms with E-state index in [9.17, 15) is 9.59 Å². The minimum absolute atomic E-state index is 0.0625. The van der Waals surface area contributed by atoms with Gasteiger partial charge in [0.05, 0.1) is 20.0 Å². The number of benzene rings is 1. The van der Waals surface area contributed by atoms with Gasteiger partial charge in [-0.15, -0.1) is 10.2 Å². The first kappa shape index (κ1) is 23.9. The van der Waals surface area contributed by atoms with Crippen molar-refractivity contribution in [1.29, 1.82) is 0 Å². The topological polar surface area (TPSA) is 100 Å². The number of rotatable bonds is 8. The first-order chi connectivity index (χ1) is 16.5. The summed E-state index contributed by atoms with van der Waals surface area (Å²) in [6.07, 6.45) is 7.33. The average Bonchev–Trinajstić information content (AvgIpc) is 3.49. The van der Waals surface area contributed by atoms with Crippen molar-refractivity contribution in [3.63, 3.8) is 0 Å². The lowest BCUT2D eigenvalue weighted by atomic mass is 9.95. The van der Waals surface area contributed by atoms with Crippen molar-refractivity contribution in [1.82, 2.24) is 24.6 Å². The summed E-state index contributed by atoms with van der Waals surface area (Å²) in [6.45, 7) is 0. The fourth-order valence-electron chi connectivity index (χ4n) is 4.27. The van der Waals surface area contributed by atoms with Crippen molar-refractivity contribution in [2.24, 2.45) is 7.05 Å². The smallest absolute Gasteiger partial charge is 0.274 e. The Morgan fingerprint density at radius 1 is 1.09 bits per heavy atom. The van der Waals surface area contributed by atoms with E-state index in [4.69, 9.17) is 9.47 Å². The highest BCUT2D eigenvalue weighted by Crippen LogP contribution is 2.38. The van der Waals surface area contributed by atoms with Crippen LogP contribution in [0, 0.1) is 0 Å². The van der Waals surface area contributed by atoms with Gasteiger partial charge >= 0.3 is 0 Å². The predicted octanol–water partition coefficient (Wildman–Crippen LogP) is 3.85. The van der Waals surface area contributed by atoms with Crippen molar-refractivity contribution < 1.29 is 19.1 Å². The molecular weight excluding hydrogens is 454 g/mol. The SMILES string of the molecule is COc1ccc(-c2nnc(SCC(=O)NC(=O)c3cccn3C)n2C2CCCCC2)cc1OC. The molecule has 10 heteroatoms. The molecule has 0 unspecified atom stereocenters. The molecule has 2 aromatic heterocycles. The van der Waals surface area contributed by atoms with Gasteiger partial charge in [0.2, 0.25) is 5.91 Å². The second-order valence-corrected chi connectivity index (χ2v) is 9.15. The minimum Gasteiger partial charge on any atom is -0.493 e. The second-order valence-electron chi connectivity index (χ2n) is 8.21. The van der Waals surface area contributed by atoms with E-state index in [1.807, 2.05) is 18.2 Å². The number of carbonyl (C=O) groups is 2. The Kier molecular flexibility index (Phi) is 7.56. The van der Waals surface area contributed by atoms with Crippen LogP contribution < -0.4 is 14.8 Å². The molecule has 1 aliphatic carbocycles. The normalized spacial score (nSPS) is 14.1. The molecule has 2 heterocycles. The number of nitrogens with zero attached hydrogens (tertiary/aromatic N) is 4. The third kappa shape index (κ3) is 5.11. The van der Waals surface area contributed by atoms with Crippen LogP contribution in [0.1, 0.15) is 48.6 Å². The van der Waals surface area contributed by atoms with Crippen LogP contribution in [0.4, 0.5) is 0 Å². The van der Waals surface area contributed by atoms with Gasteiger partial charge in [-0.25, -0.2) is 0 Å². The third-order valence-corrected chi connectivity index (χ3v) is 6.95. The zero-order chi connectivity index (χ0) is 24.1. The van der Waals surface area contributed by atoms with Gasteiger partial charge in [0.25, 0.3) is 5.91 Å². The molecule has 0 aliphatic heterocycles. The summed E-state index contributed by atoms with van der Waals surface area (Å²) in [7, 11) is 4.96. The summed E-state index contributed by atoms with van der Waals surface area (Å²) in [4.78, 5) is 24.8. The molecule has 2 amide bonds. The number of aryl methyl sites for hydroxylation is 1. The van der Waals surface area contributed by atoms with Crippen LogP contribution >= 0.6 is 11.8 Å². The lowest BCUT2D eigenvalue weighted by Crippen LogP contribution is -2.33. The molecule has 0 radical (unpaired) electrons. The number of ether oxygens (including phenoxy) is 2. The highest BCUT2D eigenvalue weighted by molar-refractivity contribution is 7.99. The fourth-order valence-corrected chi connectivity index (χ4v) is 5.08. The van der Waals surface area contributed by atoms with Crippen molar-refractivity contribution >= 4 is 23.6 Å². The highest BCUT2D eigenvalue weighted by atomic mass is 32.2. The van der Waals surface area contributed by atoms with Crippen LogP contribution in [0.2, 0.25) is 0 Å². The van der Waals surface area contributed by atoms with Gasteiger partial charge in [-0.3, -0.25) is 19.5 Å². The fraction of sp³-hybridized carbons (Fsp3) is 0.417. The van der Waals surface area contributed by atoms with E-state index in [-0.39, 0.29) is 17.7 Å². The lowest BCUT2D eigenvalue weighted by molar-refractivity contribution is -0.117. The molecule has 0 saturated heterocycles. The van der Waals surface area contributed by atoms with Gasteiger partial charge in [0.1, 0.15) is 5.69 Å². The maximum Gasteiger partial charge on any atom is 0.274 e. The van der Waals surface area contributed by atoms with E-state index in [1.165, 1.54) is 18.2 Å². The summed E-state index contributed by atoms with van der Waals surface area (Å²) in [5.74, 6) is 1.26. The van der Waals surface area contributed by atoms with Crippen LogP contribution in [0.25, 0.3) is 11.4 Å². The average molecular weight is 484 g/mol. The van der Waals surface area contributed by atoms with Gasteiger partial charge in [-0.1, -0.05) is 31.0 Å². The number of hydrogen-bond donors (Lipinski definition) is 1. The third-order valence-electron chi connectivity index (χ3n) is 6.01. The van der Waals surface area contributed by atoms with Crippen molar-refractivity contribution in [3.05, 3.63) is 42.2 Å². The number of thioether (sulfide) groups is 1. The van der Waals surface area contributed by atoms with Crippen LogP contribution in [0.5, 0.6) is 11.5 Å². The van der Waals surface area contributed by atoms with Crippen molar-refractivity contribution in [3.8, 4) is 22.9 Å². The predicted molar refractivity (Wildman–Crippen MR) is 129 cm³/mol. The number of methoxy groups -OCH3 is 2. The summed E-state index contributed by atoms with van der Waals surface area (Å²) in [5.41, 5.74) is 1.30. The number of carbonyl (C=O) groups excluding carboxylic acids is 2. The molecule has 9 nitrogen and oxygen atoms in total. The molecule has 3 aromatic rings. The maximum absolute atomic E-state index is 12.5. The number of imide groups is 1. The molecule has 34 heavy (non-hydrogen) atoms. The molecule has 1 saturated carbocycles. The van der Waals surface area contributed by atoms with E-state index in [1.54, 1.807) is 44.2 Å². The molecule has 0 bridgehead atoms. The molecule has 1 aliphatic rings. The van der Waals surface area contributed by atoms with Crippen LogP contribution in [-0.2, 0) is 11.8 Å². The van der Waals surface area contributed by atoms with Crippen LogP contribution in [0.15, 0.2) is 41.7 Å². The number of amides is 2. The Bertz CT molecular complexity index is 1170. The Labute approximate surface area is 202 Å². The molecule has 180 valence electrons. The largest absolute Gasteiger partial charge is 0.493 e. The molecule has 0 spiro atoms. The highest BCUT2D eigenvalue weighted by Gasteiger charge is 2.25. The summed E-state index contributed by atoms with van der Waals surface area (Å²) in [5, 5.41) is 12.0. The Hall–Kier alpha value is -3.27. The van der Waals surface area contributed by atoms with Gasteiger partial charge in [-0.2, -0.15) is 0 Å². The van der Waals surface area contributed by atoms with E-state index in [0.717, 1.165) is 37.1 Å². The van der Waals surface area contributed by atoms with Crippen molar-refractivity contribution in [2.45, 2.75) is 43.3 Å². The lowest BCUT2D eigenvalue weighted by Gasteiger charge is -2.25. The van der Waals surface area contributed by atoms with Gasteiger partial charge in [-0.05, 0) is 43.2 Å². The Morgan fingerprint density at radius 3 is 2.53 bits per heavy atom. The molecule has 0 atom stereocenters. The van der Waals surface area contributed by atoms with E-state index < -0.39 is 5.91 Å². The minimum atomic E-state index is -0.419. The second kappa shape index (κ2) is 10.8. The van der Waals surface area contributed by atoms with E-state index in [0.29, 0.717) is 22.3 Å². The quantitative estimate of drug-likeness (QED) is 0.486. The monoisotopic (exact) mass is 483 g/mol. The first-order valence-electron chi connectivity index (χ1n) is 11.3. The molecule has 1 fully saturated rings. The molecular formula is C24H29N5O4S. The Balaban J connectivity index is 1.55. The Morgan fingerprint density at radius 2 is 1.85 bits per heavy atom. The number of aromatic nitrogens is 4. The molecule has 1 N–H and O–H groups in total. The van der Waals surface area contributed by atoms with Crippen LogP contribution in [-0.4, -0.2) is 51.1 Å². The number of hydrogen-bond acceptors (Lipinski definition) is 7. The van der Waals surface area contributed by atoms with Gasteiger partial charge in [0, 0.05) is 24.8 Å². The zero-order valence-electron chi connectivity index (χ0n) is 19.6. The summed E-state index contributed by atoms with van der Waals surface area (Å²) < 4.78 is 14.6. The zero-order valence-corrected chi connectivity index (χ0v) is 20.4.